The summed E-state index contributed by atoms with van der Waals surface area (Å²) < 4.78 is 28.0. The van der Waals surface area contributed by atoms with Gasteiger partial charge >= 0.3 is 0 Å². The molecule has 0 saturated heterocycles. The molecule has 5 heteroatoms. The smallest absolute Gasteiger partial charge is 0.178 e. The van der Waals surface area contributed by atoms with E-state index >= 15 is 0 Å². The van der Waals surface area contributed by atoms with E-state index in [1.165, 1.54) is 202 Å². The van der Waals surface area contributed by atoms with Crippen LogP contribution in [0, 0.1) is 31.6 Å². The topological polar surface area (TPSA) is 36.9 Å². The first-order valence-electron chi connectivity index (χ1n) is 36.2. The highest BCUT2D eigenvalue weighted by molar-refractivity contribution is 7.98. The van der Waals surface area contributed by atoms with Crippen LogP contribution >= 0.6 is 11.8 Å². The Morgan fingerprint density at radius 2 is 0.844 bits per heavy atom. The van der Waals surface area contributed by atoms with Gasteiger partial charge in [0.25, 0.3) is 0 Å². The third-order valence-corrected chi connectivity index (χ3v) is 26.7. The minimum absolute atomic E-state index is 0.0656. The predicted molar refractivity (Wildman–Crippen MR) is 397 cm³/mol. The van der Waals surface area contributed by atoms with Crippen LogP contribution in [-0.4, -0.2) is 20.5 Å². The maximum absolute atomic E-state index is 8.05. The molecule has 0 amide bonds. The van der Waals surface area contributed by atoms with Crippen molar-refractivity contribution >= 4 is 45.5 Å². The fourth-order valence-corrected chi connectivity index (χ4v) is 21.3. The summed E-state index contributed by atoms with van der Waals surface area (Å²) in [6.07, 6.45) is 36.4. The molecule has 10 aromatic carbocycles. The molecule has 2 atom stereocenters. The molecule has 4 spiro atoms. The van der Waals surface area contributed by atoms with Crippen LogP contribution in [0.15, 0.2) is 187 Å². The molecule has 8 aliphatic rings. The van der Waals surface area contributed by atoms with Gasteiger partial charge in [-0.05, 0) is 247 Å². The fourth-order valence-electron chi connectivity index (χ4n) is 20.7. The molecule has 4 nitrogen and oxygen atoms in total. The molecule has 4 fully saturated rings. The lowest BCUT2D eigenvalue weighted by molar-refractivity contribution is 0.0947. The molecule has 96 heavy (non-hydrogen) atoms. The lowest BCUT2D eigenvalue weighted by Crippen LogP contribution is -2.39. The van der Waals surface area contributed by atoms with Crippen LogP contribution in [0.4, 0.5) is 0 Å². The number of benzene rings is 10. The minimum atomic E-state index is -0.952. The van der Waals surface area contributed by atoms with Gasteiger partial charge < -0.3 is 18.9 Å². The Balaban J connectivity index is 0.716. The zero-order valence-corrected chi connectivity index (χ0v) is 57.8. The first-order chi connectivity index (χ1) is 46.9. The number of thioether (sulfide) groups is 1. The second-order valence-electron chi connectivity index (χ2n) is 30.6. The Kier molecular flexibility index (Phi) is 14.2. The number of methoxy groups -OCH3 is 2. The summed E-state index contributed by atoms with van der Waals surface area (Å²) in [6.45, 7) is 6.65. The van der Waals surface area contributed by atoms with Gasteiger partial charge in [0.05, 0.1) is 14.2 Å². The molecule has 2 heterocycles. The highest BCUT2D eigenvalue weighted by atomic mass is 32.2. The maximum atomic E-state index is 8.05. The maximum Gasteiger partial charge on any atom is 0.178 e. The van der Waals surface area contributed by atoms with E-state index in [1.807, 2.05) is 11.8 Å². The number of hydrogen-bond donors (Lipinski definition) is 0. The van der Waals surface area contributed by atoms with Gasteiger partial charge in [-0.3, -0.25) is 0 Å². The highest BCUT2D eigenvalue weighted by Gasteiger charge is 2.55. The summed E-state index contributed by atoms with van der Waals surface area (Å²) in [5, 5.41) is 4.86. The van der Waals surface area contributed by atoms with Crippen molar-refractivity contribution in [3.8, 4) is 45.3 Å². The summed E-state index contributed by atoms with van der Waals surface area (Å²) in [6, 6.07) is 64.7. The van der Waals surface area contributed by atoms with Crippen LogP contribution in [0.2, 0.25) is 0 Å². The molecular weight excluding hydrogens is 1190 g/mol. The molecular formula is C91H88O4S. The SMILES string of the molecule is COc1ccc(C2(c3ccc(Cc4ccc(C5(c6ccc(C)cc6)C=Cc6c7c(c8cc(SC)c(C)cc8c6O5)-c5ccccc5C75CCC6(CCCCC6)CC5)cc4)cc3)C=Cc3c4c(c5cc(C)c(OC)cc5c3O2)-c2ccccc2C42CCC3(CCCCC3)CC2)cc1. The first kappa shape index (κ1) is 60.2. The number of hydrogen-bond acceptors (Lipinski definition) is 5. The summed E-state index contributed by atoms with van der Waals surface area (Å²) in [5.41, 5.74) is 23.6. The standard InChI is InChI=1S/C91H88O4S/c1-58-21-27-63(28-22-58)90(43-37-70-83-81(73-57-79(96-6)60(3)54-74(73)84(70)94-90)69-18-10-12-20-77(69)89(83)51-47-87(48-52-89)41-15-8-16-42-87)64-29-23-61(24-30-64)55-62-25-31-65(32-26-62)91(66-33-35-67(92-4)36-34-66)44-38-71-82-80(72-53-59(2)78(93-5)56-75(72)85(71)95-91)68-17-9-11-19-76(68)88(82)49-45-86(46-50-88)39-13-7-14-40-86/h9-12,17-38,43-44,53-54,56-57H,7-8,13-16,39-42,45-52,55H2,1-6H3. The second-order valence-corrected chi connectivity index (χ2v) is 31.5. The Morgan fingerprint density at radius 3 is 1.30 bits per heavy atom. The fraction of sp³-hybridized carbons (Fsp3) is 0.341. The quantitative estimate of drug-likeness (QED) is 0.135. The van der Waals surface area contributed by atoms with Gasteiger partial charge in [0.15, 0.2) is 11.2 Å². The van der Waals surface area contributed by atoms with Crippen LogP contribution in [0.25, 0.3) is 56.0 Å². The Bertz CT molecular complexity index is 4820. The van der Waals surface area contributed by atoms with Crippen molar-refractivity contribution in [2.45, 2.75) is 170 Å². The van der Waals surface area contributed by atoms with Gasteiger partial charge in [0.2, 0.25) is 0 Å². The normalized spacial score (nSPS) is 21.7. The van der Waals surface area contributed by atoms with Gasteiger partial charge in [0.1, 0.15) is 23.0 Å². The molecule has 482 valence electrons. The third kappa shape index (κ3) is 8.99. The van der Waals surface area contributed by atoms with Crippen molar-refractivity contribution in [1.29, 1.82) is 0 Å². The van der Waals surface area contributed by atoms with Crippen LogP contribution in [0.1, 0.15) is 199 Å². The lowest BCUT2D eigenvalue weighted by Gasteiger charge is -2.48. The van der Waals surface area contributed by atoms with E-state index in [-0.39, 0.29) is 10.8 Å². The van der Waals surface area contributed by atoms with Crippen LogP contribution < -0.4 is 18.9 Å². The second kappa shape index (κ2) is 22.7. The first-order valence-corrected chi connectivity index (χ1v) is 37.4. The molecule has 6 aliphatic carbocycles. The van der Waals surface area contributed by atoms with E-state index in [4.69, 9.17) is 18.9 Å². The molecule has 4 saturated carbocycles. The van der Waals surface area contributed by atoms with Gasteiger partial charge in [-0.1, -0.05) is 190 Å². The summed E-state index contributed by atoms with van der Waals surface area (Å²) in [7, 11) is 3.54. The number of rotatable bonds is 9. The molecule has 18 rings (SSSR count). The van der Waals surface area contributed by atoms with Crippen LogP contribution in [-0.2, 0) is 28.5 Å². The third-order valence-electron chi connectivity index (χ3n) is 25.8. The molecule has 0 aromatic heterocycles. The molecule has 0 bridgehead atoms. The van der Waals surface area contributed by atoms with Gasteiger partial charge in [-0.15, -0.1) is 11.8 Å². The average molecular weight is 1280 g/mol. The van der Waals surface area contributed by atoms with Crippen molar-refractivity contribution in [3.05, 3.63) is 265 Å². The van der Waals surface area contributed by atoms with Crippen molar-refractivity contribution in [2.24, 2.45) is 10.8 Å². The van der Waals surface area contributed by atoms with E-state index in [9.17, 15) is 0 Å². The lowest BCUT2D eigenvalue weighted by atomic mass is 9.56. The number of fused-ring (bicyclic) bond motifs is 20. The largest absolute Gasteiger partial charge is 0.497 e. The van der Waals surface area contributed by atoms with Crippen LogP contribution in [0.5, 0.6) is 23.0 Å². The van der Waals surface area contributed by atoms with Crippen molar-refractivity contribution in [1.82, 2.24) is 0 Å². The molecule has 0 N–H and O–H groups in total. The minimum Gasteiger partial charge on any atom is -0.497 e. The van der Waals surface area contributed by atoms with Gasteiger partial charge in [-0.2, -0.15) is 0 Å². The van der Waals surface area contributed by atoms with E-state index in [2.05, 4.69) is 221 Å². The molecule has 2 unspecified atom stereocenters. The van der Waals surface area contributed by atoms with Crippen molar-refractivity contribution < 1.29 is 18.9 Å². The van der Waals surface area contributed by atoms with E-state index < -0.39 is 11.2 Å². The van der Waals surface area contributed by atoms with Crippen molar-refractivity contribution in [3.63, 3.8) is 0 Å². The zero-order chi connectivity index (χ0) is 64.8. The monoisotopic (exact) mass is 1280 g/mol. The summed E-state index contributed by atoms with van der Waals surface area (Å²) in [5.74, 6) is 3.63. The number of aryl methyl sites for hydroxylation is 3. The Hall–Kier alpha value is -8.25. The van der Waals surface area contributed by atoms with Crippen molar-refractivity contribution in [2.75, 3.05) is 20.5 Å². The van der Waals surface area contributed by atoms with Crippen LogP contribution in [0.3, 0.4) is 0 Å². The Morgan fingerprint density at radius 1 is 0.417 bits per heavy atom. The van der Waals surface area contributed by atoms with E-state index in [0.29, 0.717) is 10.8 Å². The summed E-state index contributed by atoms with van der Waals surface area (Å²) >= 11 is 1.86. The van der Waals surface area contributed by atoms with E-state index in [1.54, 1.807) is 14.2 Å². The average Bonchev–Trinajstić information content (AvgIpc) is 1.52. The molecule has 10 aromatic rings. The number of ether oxygens (including phenoxy) is 4. The zero-order valence-electron chi connectivity index (χ0n) is 57.0. The molecule has 2 aliphatic heterocycles. The molecule has 0 radical (unpaired) electrons. The highest BCUT2D eigenvalue weighted by Crippen LogP contribution is 2.68. The summed E-state index contributed by atoms with van der Waals surface area (Å²) in [4.78, 5) is 1.33. The Labute approximate surface area is 572 Å². The van der Waals surface area contributed by atoms with E-state index in [0.717, 1.165) is 75.5 Å². The van der Waals surface area contributed by atoms with Gasteiger partial charge in [-0.25, -0.2) is 0 Å². The predicted octanol–water partition coefficient (Wildman–Crippen LogP) is 23.5. The van der Waals surface area contributed by atoms with Gasteiger partial charge in [0, 0.05) is 59.9 Å².